The zero-order valence-corrected chi connectivity index (χ0v) is 11.1. The second-order valence-electron chi connectivity index (χ2n) is 4.52. The van der Waals surface area contributed by atoms with Gasteiger partial charge in [-0.05, 0) is 18.4 Å². The van der Waals surface area contributed by atoms with Crippen molar-refractivity contribution in [2.75, 3.05) is 0 Å². The van der Waals surface area contributed by atoms with E-state index in [0.29, 0.717) is 6.42 Å². The van der Waals surface area contributed by atoms with E-state index in [1.54, 1.807) is 6.07 Å². The Kier molecular flexibility index (Phi) is 5.66. The van der Waals surface area contributed by atoms with Crippen LogP contribution in [0.15, 0.2) is 24.3 Å². The lowest BCUT2D eigenvalue weighted by atomic mass is 9.92. The molecule has 0 amide bonds. The van der Waals surface area contributed by atoms with E-state index in [1.807, 2.05) is 13.8 Å². The van der Waals surface area contributed by atoms with Gasteiger partial charge in [0.05, 0.1) is 6.10 Å². The van der Waals surface area contributed by atoms with Crippen LogP contribution in [0.3, 0.4) is 0 Å². The lowest BCUT2D eigenvalue weighted by molar-refractivity contribution is -0.275. The van der Waals surface area contributed by atoms with Gasteiger partial charge < -0.3 is 9.84 Å². The van der Waals surface area contributed by atoms with E-state index in [-0.39, 0.29) is 17.2 Å². The molecule has 0 saturated carbocycles. The molecule has 1 unspecified atom stereocenters. The summed E-state index contributed by atoms with van der Waals surface area (Å²) in [6.45, 7) is 4.00. The molecule has 1 rings (SSSR count). The molecular weight excluding hydrogens is 257 g/mol. The minimum Gasteiger partial charge on any atom is -0.405 e. The maximum absolute atomic E-state index is 12.3. The highest BCUT2D eigenvalue weighted by Gasteiger charge is 2.32. The number of aliphatic hydroxyl groups is 1. The van der Waals surface area contributed by atoms with Gasteiger partial charge in [0.1, 0.15) is 5.75 Å². The van der Waals surface area contributed by atoms with E-state index in [2.05, 4.69) is 4.74 Å². The Bertz CT molecular complexity index is 387. The third-order valence-electron chi connectivity index (χ3n) is 3.21. The highest BCUT2D eigenvalue weighted by Crippen LogP contribution is 2.33. The van der Waals surface area contributed by atoms with Crippen molar-refractivity contribution in [3.8, 4) is 5.75 Å². The first kappa shape index (κ1) is 15.8. The minimum absolute atomic E-state index is 0.187. The minimum atomic E-state index is -4.75. The smallest absolute Gasteiger partial charge is 0.405 e. The SMILES string of the molecule is CCC(CC)CC(O)c1ccccc1OC(F)(F)F. The number of aliphatic hydroxyl groups excluding tert-OH is 1. The van der Waals surface area contributed by atoms with Crippen LogP contribution in [0.1, 0.15) is 44.8 Å². The summed E-state index contributed by atoms with van der Waals surface area (Å²) in [6.07, 6.45) is -3.48. The maximum atomic E-state index is 12.3. The third-order valence-corrected chi connectivity index (χ3v) is 3.21. The largest absolute Gasteiger partial charge is 0.573 e. The van der Waals surface area contributed by atoms with Crippen molar-refractivity contribution in [2.45, 2.75) is 45.6 Å². The molecule has 108 valence electrons. The van der Waals surface area contributed by atoms with Gasteiger partial charge in [-0.2, -0.15) is 0 Å². The first-order valence-electron chi connectivity index (χ1n) is 6.40. The molecule has 19 heavy (non-hydrogen) atoms. The van der Waals surface area contributed by atoms with Crippen molar-refractivity contribution in [2.24, 2.45) is 5.92 Å². The van der Waals surface area contributed by atoms with Crippen molar-refractivity contribution >= 4 is 0 Å². The van der Waals surface area contributed by atoms with Gasteiger partial charge in [0.2, 0.25) is 0 Å². The van der Waals surface area contributed by atoms with Gasteiger partial charge in [-0.3, -0.25) is 0 Å². The predicted octanol–water partition coefficient (Wildman–Crippen LogP) is 4.44. The molecule has 2 nitrogen and oxygen atoms in total. The van der Waals surface area contributed by atoms with Crippen molar-refractivity contribution in [3.05, 3.63) is 29.8 Å². The number of alkyl halides is 3. The number of rotatable bonds is 6. The quantitative estimate of drug-likeness (QED) is 0.832. The molecule has 0 aliphatic heterocycles. The molecular formula is C14H19F3O2. The molecule has 1 N–H and O–H groups in total. The molecule has 0 aliphatic carbocycles. The molecule has 0 saturated heterocycles. The molecule has 1 aromatic carbocycles. The summed E-state index contributed by atoms with van der Waals surface area (Å²) in [4.78, 5) is 0. The Morgan fingerprint density at radius 1 is 1.16 bits per heavy atom. The summed E-state index contributed by atoms with van der Waals surface area (Å²) in [6, 6.07) is 5.73. The fourth-order valence-electron chi connectivity index (χ4n) is 2.04. The number of para-hydroxylation sites is 1. The van der Waals surface area contributed by atoms with Crippen LogP contribution in [0.2, 0.25) is 0 Å². The van der Waals surface area contributed by atoms with Crippen LogP contribution < -0.4 is 4.74 Å². The topological polar surface area (TPSA) is 29.5 Å². The molecule has 1 aromatic rings. The number of hydrogen-bond acceptors (Lipinski definition) is 2. The van der Waals surface area contributed by atoms with E-state index in [0.717, 1.165) is 12.8 Å². The predicted molar refractivity (Wildman–Crippen MR) is 66.8 cm³/mol. The van der Waals surface area contributed by atoms with Crippen molar-refractivity contribution < 1.29 is 23.0 Å². The van der Waals surface area contributed by atoms with E-state index in [9.17, 15) is 18.3 Å². The molecule has 0 bridgehead atoms. The standard InChI is InChI=1S/C14H19F3O2/c1-3-10(4-2)9-12(18)11-7-5-6-8-13(11)19-14(15,16)17/h5-8,10,12,18H,3-4,9H2,1-2H3. The lowest BCUT2D eigenvalue weighted by Gasteiger charge is -2.20. The normalized spacial score (nSPS) is 13.6. The number of ether oxygens (including phenoxy) is 1. The first-order chi connectivity index (χ1) is 8.87. The van der Waals surface area contributed by atoms with E-state index >= 15 is 0 Å². The van der Waals surface area contributed by atoms with Gasteiger partial charge in [-0.1, -0.05) is 44.9 Å². The van der Waals surface area contributed by atoms with Crippen LogP contribution in [0.4, 0.5) is 13.2 Å². The molecule has 0 aliphatic rings. The van der Waals surface area contributed by atoms with Crippen molar-refractivity contribution in [1.82, 2.24) is 0 Å². The first-order valence-corrected chi connectivity index (χ1v) is 6.40. The molecule has 0 heterocycles. The van der Waals surface area contributed by atoms with Gasteiger partial charge in [-0.25, -0.2) is 0 Å². The Morgan fingerprint density at radius 2 is 1.74 bits per heavy atom. The van der Waals surface area contributed by atoms with E-state index in [4.69, 9.17) is 0 Å². The molecule has 0 radical (unpaired) electrons. The second kappa shape index (κ2) is 6.80. The fourth-order valence-corrected chi connectivity index (χ4v) is 2.04. The Morgan fingerprint density at radius 3 is 2.26 bits per heavy atom. The van der Waals surface area contributed by atoms with Gasteiger partial charge in [0.15, 0.2) is 0 Å². The van der Waals surface area contributed by atoms with Crippen molar-refractivity contribution in [3.63, 3.8) is 0 Å². The Hall–Kier alpha value is -1.23. The van der Waals surface area contributed by atoms with Crippen LogP contribution in [-0.4, -0.2) is 11.5 Å². The van der Waals surface area contributed by atoms with E-state index < -0.39 is 12.5 Å². The van der Waals surface area contributed by atoms with Gasteiger partial charge in [0, 0.05) is 5.56 Å². The monoisotopic (exact) mass is 276 g/mol. The molecule has 5 heteroatoms. The van der Waals surface area contributed by atoms with Gasteiger partial charge in [0.25, 0.3) is 0 Å². The summed E-state index contributed by atoms with van der Waals surface area (Å²) in [5.41, 5.74) is 0.187. The molecule has 0 fully saturated rings. The molecule has 0 spiro atoms. The lowest BCUT2D eigenvalue weighted by Crippen LogP contribution is -2.19. The summed E-state index contributed by atoms with van der Waals surface area (Å²) in [7, 11) is 0. The highest BCUT2D eigenvalue weighted by atomic mass is 19.4. The summed E-state index contributed by atoms with van der Waals surface area (Å²) < 4.78 is 40.8. The average Bonchev–Trinajstić information content (AvgIpc) is 2.34. The second-order valence-corrected chi connectivity index (χ2v) is 4.52. The number of benzene rings is 1. The van der Waals surface area contributed by atoms with Crippen LogP contribution in [-0.2, 0) is 0 Å². The number of halogens is 3. The highest BCUT2D eigenvalue weighted by molar-refractivity contribution is 5.35. The Balaban J connectivity index is 2.87. The summed E-state index contributed by atoms with van der Waals surface area (Å²) in [5.74, 6) is -0.0394. The van der Waals surface area contributed by atoms with Gasteiger partial charge in [-0.15, -0.1) is 13.2 Å². The zero-order chi connectivity index (χ0) is 14.5. The van der Waals surface area contributed by atoms with E-state index in [1.165, 1.54) is 18.2 Å². The average molecular weight is 276 g/mol. The van der Waals surface area contributed by atoms with Crippen molar-refractivity contribution in [1.29, 1.82) is 0 Å². The zero-order valence-electron chi connectivity index (χ0n) is 11.1. The third kappa shape index (κ3) is 5.11. The van der Waals surface area contributed by atoms with Gasteiger partial charge >= 0.3 is 6.36 Å². The summed E-state index contributed by atoms with van der Waals surface area (Å²) >= 11 is 0. The Labute approximate surface area is 111 Å². The molecule has 1 atom stereocenters. The van der Waals surface area contributed by atoms with Crippen LogP contribution in [0.5, 0.6) is 5.75 Å². The van der Waals surface area contributed by atoms with Crippen LogP contribution in [0, 0.1) is 5.92 Å². The maximum Gasteiger partial charge on any atom is 0.573 e. The summed E-state index contributed by atoms with van der Waals surface area (Å²) in [5, 5.41) is 10.1. The molecule has 0 aromatic heterocycles. The van der Waals surface area contributed by atoms with Crippen LogP contribution in [0.25, 0.3) is 0 Å². The fraction of sp³-hybridized carbons (Fsp3) is 0.571. The number of hydrogen-bond donors (Lipinski definition) is 1. The van der Waals surface area contributed by atoms with Crippen LogP contribution >= 0.6 is 0 Å².